The normalized spacial score (nSPS) is 10.6. The zero-order chi connectivity index (χ0) is 19.1. The Morgan fingerprint density at radius 3 is 2.74 bits per heavy atom. The number of rotatable bonds is 6. The van der Waals surface area contributed by atoms with Crippen molar-refractivity contribution >= 4 is 29.3 Å². The first-order valence-corrected chi connectivity index (χ1v) is 8.07. The first kappa shape index (κ1) is 17.9. The highest BCUT2D eigenvalue weighted by Gasteiger charge is 2.11. The Hall–Kier alpha value is -3.87. The van der Waals surface area contributed by atoms with E-state index in [4.69, 9.17) is 9.15 Å². The molecule has 7 nitrogen and oxygen atoms in total. The van der Waals surface area contributed by atoms with E-state index in [0.717, 1.165) is 0 Å². The molecule has 3 rings (SSSR count). The van der Waals surface area contributed by atoms with Crippen molar-refractivity contribution in [2.45, 2.75) is 0 Å². The van der Waals surface area contributed by atoms with E-state index >= 15 is 0 Å². The predicted molar refractivity (Wildman–Crippen MR) is 102 cm³/mol. The van der Waals surface area contributed by atoms with Gasteiger partial charge in [0.15, 0.2) is 0 Å². The number of methoxy groups -OCH3 is 1. The molecule has 0 bridgehead atoms. The molecule has 2 N–H and O–H groups in total. The molecule has 1 aromatic carbocycles. The minimum Gasteiger partial charge on any atom is -0.494 e. The summed E-state index contributed by atoms with van der Waals surface area (Å²) in [5, 5.41) is 5.48. The summed E-state index contributed by atoms with van der Waals surface area (Å²) < 4.78 is 10.4. The van der Waals surface area contributed by atoms with Gasteiger partial charge in [-0.05, 0) is 42.5 Å². The molecule has 0 spiro atoms. The second kappa shape index (κ2) is 8.48. The van der Waals surface area contributed by atoms with Crippen LogP contribution in [0.3, 0.4) is 0 Å². The fraction of sp³-hybridized carbons (Fsp3) is 0.0500. The van der Waals surface area contributed by atoms with Crippen molar-refractivity contribution in [3.05, 3.63) is 78.5 Å². The quantitative estimate of drug-likeness (QED) is 0.653. The van der Waals surface area contributed by atoms with Crippen LogP contribution >= 0.6 is 0 Å². The third-order valence-electron chi connectivity index (χ3n) is 3.58. The molecule has 0 atom stereocenters. The lowest BCUT2D eigenvalue weighted by molar-refractivity contribution is -0.111. The van der Waals surface area contributed by atoms with Gasteiger partial charge in [0.1, 0.15) is 11.5 Å². The zero-order valence-electron chi connectivity index (χ0n) is 14.5. The van der Waals surface area contributed by atoms with Crippen LogP contribution in [-0.2, 0) is 4.79 Å². The lowest BCUT2D eigenvalue weighted by atomic mass is 10.2. The Morgan fingerprint density at radius 1 is 1.15 bits per heavy atom. The number of pyridine rings is 1. The number of carbonyl (C=O) groups is 2. The largest absolute Gasteiger partial charge is 0.494 e. The van der Waals surface area contributed by atoms with Crippen molar-refractivity contribution in [1.82, 2.24) is 4.98 Å². The Balaban J connectivity index is 1.68. The number of ether oxygens (including phenoxy) is 1. The summed E-state index contributed by atoms with van der Waals surface area (Å²) in [6.07, 6.45) is 7.52. The number of nitrogens with one attached hydrogen (secondary N) is 2. The van der Waals surface area contributed by atoms with E-state index < -0.39 is 0 Å². The topological polar surface area (TPSA) is 93.5 Å². The molecule has 2 heterocycles. The molecule has 0 unspecified atom stereocenters. The molecular formula is C20H17N3O4. The summed E-state index contributed by atoms with van der Waals surface area (Å²) in [5.41, 5.74) is 1.44. The molecule has 0 aliphatic heterocycles. The van der Waals surface area contributed by atoms with Gasteiger partial charge in [-0.2, -0.15) is 0 Å². The SMILES string of the molecule is COc1cc(NC(=O)/C=C/c2ccco2)ccc1NC(=O)c1cccnc1. The molecule has 0 radical (unpaired) electrons. The first-order valence-electron chi connectivity index (χ1n) is 8.07. The highest BCUT2D eigenvalue weighted by atomic mass is 16.5. The fourth-order valence-corrected chi connectivity index (χ4v) is 2.29. The van der Waals surface area contributed by atoms with Crippen LogP contribution in [0.5, 0.6) is 5.75 Å². The van der Waals surface area contributed by atoms with Gasteiger partial charge < -0.3 is 19.8 Å². The van der Waals surface area contributed by atoms with Crippen molar-refractivity contribution < 1.29 is 18.7 Å². The Morgan fingerprint density at radius 2 is 2.04 bits per heavy atom. The molecule has 0 fully saturated rings. The lowest BCUT2D eigenvalue weighted by Crippen LogP contribution is -2.13. The van der Waals surface area contributed by atoms with Gasteiger partial charge in [-0.15, -0.1) is 0 Å². The zero-order valence-corrected chi connectivity index (χ0v) is 14.5. The number of carbonyl (C=O) groups excluding carboxylic acids is 2. The minimum atomic E-state index is -0.319. The van der Waals surface area contributed by atoms with Crippen LogP contribution < -0.4 is 15.4 Å². The third kappa shape index (κ3) is 4.82. The van der Waals surface area contributed by atoms with Crippen molar-refractivity contribution in [3.63, 3.8) is 0 Å². The average molecular weight is 363 g/mol. The van der Waals surface area contributed by atoms with E-state index in [1.54, 1.807) is 54.7 Å². The monoisotopic (exact) mass is 363 g/mol. The molecule has 0 saturated carbocycles. The second-order valence-electron chi connectivity index (χ2n) is 5.45. The fourth-order valence-electron chi connectivity index (χ4n) is 2.29. The van der Waals surface area contributed by atoms with Gasteiger partial charge in [0.05, 0.1) is 24.6 Å². The van der Waals surface area contributed by atoms with Gasteiger partial charge >= 0.3 is 0 Å². The van der Waals surface area contributed by atoms with E-state index in [9.17, 15) is 9.59 Å². The Labute approximate surface area is 155 Å². The number of hydrogen-bond donors (Lipinski definition) is 2. The standard InChI is InChI=1S/C20H17N3O4/c1-26-18-12-15(22-19(24)9-7-16-5-3-11-27-16)6-8-17(18)23-20(25)14-4-2-10-21-13-14/h2-13H,1H3,(H,22,24)(H,23,25)/b9-7+. The molecule has 0 aliphatic carbocycles. The van der Waals surface area contributed by atoms with Crippen LogP contribution in [0.2, 0.25) is 0 Å². The van der Waals surface area contributed by atoms with Crippen molar-refractivity contribution in [3.8, 4) is 5.75 Å². The molecule has 2 aromatic heterocycles. The predicted octanol–water partition coefficient (Wildman–Crippen LogP) is 3.59. The average Bonchev–Trinajstić information content (AvgIpc) is 3.22. The maximum atomic E-state index is 12.2. The maximum Gasteiger partial charge on any atom is 0.257 e. The molecule has 0 saturated heterocycles. The smallest absolute Gasteiger partial charge is 0.257 e. The van der Waals surface area contributed by atoms with Crippen LogP contribution in [0, 0.1) is 0 Å². The minimum absolute atomic E-state index is 0.306. The molecule has 0 aliphatic rings. The molecule has 27 heavy (non-hydrogen) atoms. The van der Waals surface area contributed by atoms with E-state index in [1.807, 2.05) is 0 Å². The van der Waals surface area contributed by atoms with Gasteiger partial charge in [0, 0.05) is 30.2 Å². The lowest BCUT2D eigenvalue weighted by Gasteiger charge is -2.12. The third-order valence-corrected chi connectivity index (χ3v) is 3.58. The second-order valence-corrected chi connectivity index (χ2v) is 5.45. The van der Waals surface area contributed by atoms with Crippen LogP contribution in [0.15, 0.2) is 71.6 Å². The number of hydrogen-bond acceptors (Lipinski definition) is 5. The Bertz CT molecular complexity index is 951. The number of anilines is 2. The van der Waals surface area contributed by atoms with Gasteiger partial charge in [-0.3, -0.25) is 14.6 Å². The summed E-state index contributed by atoms with van der Waals surface area (Å²) in [6.45, 7) is 0. The molecule has 136 valence electrons. The van der Waals surface area contributed by atoms with Crippen molar-refractivity contribution in [2.24, 2.45) is 0 Å². The van der Waals surface area contributed by atoms with E-state index in [-0.39, 0.29) is 11.8 Å². The molecule has 7 heteroatoms. The number of furan rings is 1. The summed E-state index contributed by atoms with van der Waals surface area (Å²) in [4.78, 5) is 28.2. The number of nitrogens with zero attached hydrogens (tertiary/aromatic N) is 1. The van der Waals surface area contributed by atoms with E-state index in [2.05, 4.69) is 15.6 Å². The summed E-state index contributed by atoms with van der Waals surface area (Å²) >= 11 is 0. The number of benzene rings is 1. The summed E-state index contributed by atoms with van der Waals surface area (Å²) in [7, 11) is 1.48. The van der Waals surface area contributed by atoms with E-state index in [0.29, 0.717) is 28.4 Å². The molecule has 2 amide bonds. The van der Waals surface area contributed by atoms with Crippen LogP contribution in [0.25, 0.3) is 6.08 Å². The molecular weight excluding hydrogens is 346 g/mol. The Kier molecular flexibility index (Phi) is 5.64. The number of aromatic nitrogens is 1. The summed E-state index contributed by atoms with van der Waals surface area (Å²) in [5.74, 6) is 0.372. The van der Waals surface area contributed by atoms with Gasteiger partial charge in [0.2, 0.25) is 5.91 Å². The van der Waals surface area contributed by atoms with Gasteiger partial charge in [0.25, 0.3) is 5.91 Å². The van der Waals surface area contributed by atoms with Gasteiger partial charge in [-0.1, -0.05) is 0 Å². The van der Waals surface area contributed by atoms with Gasteiger partial charge in [-0.25, -0.2) is 0 Å². The van der Waals surface area contributed by atoms with Crippen molar-refractivity contribution in [2.75, 3.05) is 17.7 Å². The van der Waals surface area contributed by atoms with Crippen LogP contribution in [-0.4, -0.2) is 23.9 Å². The van der Waals surface area contributed by atoms with Crippen molar-refractivity contribution in [1.29, 1.82) is 0 Å². The molecule has 3 aromatic rings. The maximum absolute atomic E-state index is 12.2. The van der Waals surface area contributed by atoms with Crippen LogP contribution in [0.4, 0.5) is 11.4 Å². The highest BCUT2D eigenvalue weighted by Crippen LogP contribution is 2.28. The van der Waals surface area contributed by atoms with Crippen LogP contribution in [0.1, 0.15) is 16.1 Å². The van der Waals surface area contributed by atoms with E-state index in [1.165, 1.54) is 25.6 Å². The first-order chi connectivity index (χ1) is 13.2. The highest BCUT2D eigenvalue weighted by molar-refractivity contribution is 6.05. The number of amides is 2. The summed E-state index contributed by atoms with van der Waals surface area (Å²) in [6, 6.07) is 11.8.